The van der Waals surface area contributed by atoms with E-state index >= 15 is 0 Å². The number of nitrogens with zero attached hydrogens (tertiary/aromatic N) is 3. The molecule has 0 fully saturated rings. The Morgan fingerprint density at radius 1 is 0.694 bits per heavy atom. The van der Waals surface area contributed by atoms with Crippen LogP contribution in [0.15, 0.2) is 100 Å². The van der Waals surface area contributed by atoms with E-state index in [0.29, 0.717) is 5.02 Å². The third-order valence-electron chi connectivity index (χ3n) is 5.98. The van der Waals surface area contributed by atoms with Gasteiger partial charge >= 0.3 is 0 Å². The van der Waals surface area contributed by atoms with Gasteiger partial charge in [-0.1, -0.05) is 74.9 Å². The molecule has 4 aromatic carbocycles. The van der Waals surface area contributed by atoms with Crippen LogP contribution in [0.4, 0.5) is 17.1 Å². The minimum Gasteiger partial charge on any atom is -0.494 e. The zero-order valence-corrected chi connectivity index (χ0v) is 21.5. The molecule has 36 heavy (non-hydrogen) atoms. The van der Waals surface area contributed by atoms with E-state index in [9.17, 15) is 0 Å². The highest BCUT2D eigenvalue weighted by atomic mass is 35.5. The van der Waals surface area contributed by atoms with Gasteiger partial charge in [0.25, 0.3) is 0 Å². The van der Waals surface area contributed by atoms with E-state index in [-0.39, 0.29) is 0 Å². The van der Waals surface area contributed by atoms with Gasteiger partial charge in [-0.25, -0.2) is 0 Å². The fraction of sp³-hybridized carbons (Fsp3) is 0.258. The number of hydrogen-bond donors (Lipinski definition) is 0. The van der Waals surface area contributed by atoms with Crippen LogP contribution in [0.5, 0.6) is 5.75 Å². The van der Waals surface area contributed by atoms with Gasteiger partial charge in [-0.15, -0.1) is 5.11 Å². The summed E-state index contributed by atoms with van der Waals surface area (Å²) < 4.78 is 5.89. The van der Waals surface area contributed by atoms with Crippen LogP contribution >= 0.6 is 11.6 Å². The first-order valence-electron chi connectivity index (χ1n) is 12.7. The van der Waals surface area contributed by atoms with Crippen LogP contribution in [0, 0.1) is 0 Å². The summed E-state index contributed by atoms with van der Waals surface area (Å²) in [6.07, 6.45) is 9.47. The molecule has 0 aliphatic carbocycles. The van der Waals surface area contributed by atoms with Crippen molar-refractivity contribution >= 4 is 45.7 Å². The lowest BCUT2D eigenvalue weighted by atomic mass is 10.1. The van der Waals surface area contributed by atoms with Crippen molar-refractivity contribution in [2.24, 2.45) is 15.2 Å². The molecule has 5 heteroatoms. The first-order chi connectivity index (χ1) is 17.7. The molecule has 0 heterocycles. The second kappa shape index (κ2) is 13.6. The molecule has 184 valence electrons. The fourth-order valence-electron chi connectivity index (χ4n) is 3.95. The molecule has 0 radical (unpaired) electrons. The lowest BCUT2D eigenvalue weighted by Gasteiger charge is -2.07. The zero-order chi connectivity index (χ0) is 25.0. The van der Waals surface area contributed by atoms with Crippen molar-refractivity contribution in [2.45, 2.75) is 45.4 Å². The number of azo groups is 1. The molecular formula is C31H32ClN3O. The Labute approximate surface area is 218 Å². The summed E-state index contributed by atoms with van der Waals surface area (Å²) in [6.45, 7) is 3.01. The Hall–Kier alpha value is -3.50. The van der Waals surface area contributed by atoms with Crippen molar-refractivity contribution in [1.82, 2.24) is 0 Å². The molecule has 0 atom stereocenters. The average molecular weight is 498 g/mol. The number of hydrogen-bond acceptors (Lipinski definition) is 4. The maximum atomic E-state index is 5.96. The minimum atomic E-state index is 0.678. The van der Waals surface area contributed by atoms with E-state index < -0.39 is 0 Å². The molecule has 0 spiro atoms. The van der Waals surface area contributed by atoms with Crippen LogP contribution < -0.4 is 4.74 Å². The molecule has 4 aromatic rings. The molecule has 0 unspecified atom stereocenters. The SMILES string of the molecule is CCCCCCCCOc1ccc(C=Nc2ccc(N=Nc3ccc(Cl)cc3)c3ccccc23)cc1. The van der Waals surface area contributed by atoms with Gasteiger partial charge in [-0.2, -0.15) is 5.11 Å². The summed E-state index contributed by atoms with van der Waals surface area (Å²) in [7, 11) is 0. The van der Waals surface area contributed by atoms with Crippen molar-refractivity contribution in [2.75, 3.05) is 6.61 Å². The van der Waals surface area contributed by atoms with Crippen molar-refractivity contribution < 1.29 is 4.74 Å². The summed E-state index contributed by atoms with van der Waals surface area (Å²) >= 11 is 5.96. The van der Waals surface area contributed by atoms with Gasteiger partial charge < -0.3 is 4.74 Å². The number of ether oxygens (including phenoxy) is 1. The van der Waals surface area contributed by atoms with E-state index in [2.05, 4.69) is 23.2 Å². The van der Waals surface area contributed by atoms with Crippen LogP contribution in [0.25, 0.3) is 10.8 Å². The van der Waals surface area contributed by atoms with Crippen LogP contribution in [0.3, 0.4) is 0 Å². The predicted molar refractivity (Wildman–Crippen MR) is 152 cm³/mol. The molecule has 0 saturated heterocycles. The number of rotatable bonds is 12. The van der Waals surface area contributed by atoms with E-state index in [0.717, 1.165) is 52.2 Å². The molecule has 0 aliphatic rings. The molecular weight excluding hydrogens is 466 g/mol. The van der Waals surface area contributed by atoms with E-state index in [1.54, 1.807) is 12.1 Å². The summed E-state index contributed by atoms with van der Waals surface area (Å²) in [6, 6.07) is 27.4. The zero-order valence-electron chi connectivity index (χ0n) is 20.7. The minimum absolute atomic E-state index is 0.678. The summed E-state index contributed by atoms with van der Waals surface area (Å²) in [5, 5.41) is 11.5. The number of fused-ring (bicyclic) bond motifs is 1. The maximum absolute atomic E-state index is 5.96. The number of halogens is 1. The van der Waals surface area contributed by atoms with Gasteiger partial charge in [0.05, 0.1) is 23.7 Å². The lowest BCUT2D eigenvalue weighted by Crippen LogP contribution is -1.97. The third-order valence-corrected chi connectivity index (χ3v) is 6.23. The average Bonchev–Trinajstić information content (AvgIpc) is 2.92. The summed E-state index contributed by atoms with van der Waals surface area (Å²) in [5.41, 5.74) is 3.47. The molecule has 4 nitrogen and oxygen atoms in total. The van der Waals surface area contributed by atoms with E-state index in [4.69, 9.17) is 21.3 Å². The summed E-state index contributed by atoms with van der Waals surface area (Å²) in [4.78, 5) is 4.76. The third kappa shape index (κ3) is 7.50. The van der Waals surface area contributed by atoms with Crippen molar-refractivity contribution in [3.05, 3.63) is 95.5 Å². The highest BCUT2D eigenvalue weighted by Crippen LogP contribution is 2.34. The Kier molecular flexibility index (Phi) is 9.63. The largest absolute Gasteiger partial charge is 0.494 e. The Balaban J connectivity index is 1.39. The lowest BCUT2D eigenvalue weighted by molar-refractivity contribution is 0.304. The molecule has 0 N–H and O–H groups in total. The number of aliphatic imine (C=N–C) groups is 1. The van der Waals surface area contributed by atoms with Crippen molar-refractivity contribution in [3.63, 3.8) is 0 Å². The Bertz CT molecular complexity index is 1300. The van der Waals surface area contributed by atoms with E-state index in [1.165, 1.54) is 32.1 Å². The van der Waals surface area contributed by atoms with Gasteiger partial charge in [0.1, 0.15) is 5.75 Å². The molecule has 0 aromatic heterocycles. The van der Waals surface area contributed by atoms with Gasteiger partial charge in [0, 0.05) is 22.0 Å². The van der Waals surface area contributed by atoms with Gasteiger partial charge in [0.2, 0.25) is 0 Å². The molecule has 0 bridgehead atoms. The highest BCUT2D eigenvalue weighted by molar-refractivity contribution is 6.30. The highest BCUT2D eigenvalue weighted by Gasteiger charge is 2.05. The van der Waals surface area contributed by atoms with Gasteiger partial charge in [-0.3, -0.25) is 4.99 Å². The Morgan fingerprint density at radius 2 is 1.36 bits per heavy atom. The molecule has 0 saturated carbocycles. The first kappa shape index (κ1) is 25.6. The Morgan fingerprint density at radius 3 is 2.11 bits per heavy atom. The second-order valence-corrected chi connectivity index (χ2v) is 9.21. The van der Waals surface area contributed by atoms with Crippen molar-refractivity contribution in [1.29, 1.82) is 0 Å². The first-order valence-corrected chi connectivity index (χ1v) is 13.1. The topological polar surface area (TPSA) is 46.3 Å². The summed E-state index contributed by atoms with van der Waals surface area (Å²) in [5.74, 6) is 0.904. The quantitative estimate of drug-likeness (QED) is 0.109. The maximum Gasteiger partial charge on any atom is 0.119 e. The van der Waals surface area contributed by atoms with Crippen LogP contribution in [-0.4, -0.2) is 12.8 Å². The van der Waals surface area contributed by atoms with Gasteiger partial charge in [-0.05, 0) is 72.6 Å². The number of benzene rings is 4. The normalized spacial score (nSPS) is 11.6. The van der Waals surface area contributed by atoms with Gasteiger partial charge in [0.15, 0.2) is 0 Å². The predicted octanol–water partition coefficient (Wildman–Crippen LogP) is 10.4. The standard InChI is InChI=1S/C31H32ClN3O/c1-2-3-4-5-6-9-22-36-27-18-12-24(13-19-27)23-33-30-20-21-31(29-11-8-7-10-28(29)30)35-34-26-16-14-25(32)15-17-26/h7-8,10-21,23H,2-6,9,22H2,1H3. The van der Waals surface area contributed by atoms with Crippen LogP contribution in [-0.2, 0) is 0 Å². The van der Waals surface area contributed by atoms with Crippen LogP contribution in [0.2, 0.25) is 5.02 Å². The molecule has 0 aliphatic heterocycles. The molecule has 0 amide bonds. The van der Waals surface area contributed by atoms with Crippen molar-refractivity contribution in [3.8, 4) is 5.75 Å². The smallest absolute Gasteiger partial charge is 0.119 e. The monoisotopic (exact) mass is 497 g/mol. The second-order valence-electron chi connectivity index (χ2n) is 8.77. The van der Waals surface area contributed by atoms with E-state index in [1.807, 2.05) is 72.9 Å². The molecule has 4 rings (SSSR count). The number of unbranched alkanes of at least 4 members (excludes halogenated alkanes) is 5. The van der Waals surface area contributed by atoms with Crippen LogP contribution in [0.1, 0.15) is 51.0 Å². The fourth-order valence-corrected chi connectivity index (χ4v) is 4.08.